The SMILES string of the molecule is COc1cccc(CCC(Cc2cccc(OC)c2)C(C)c2nc(COCCOCc3ccccc3Cl)cs2)c1. The van der Waals surface area contributed by atoms with E-state index in [9.17, 15) is 0 Å². The zero-order valence-electron chi connectivity index (χ0n) is 23.5. The number of ether oxygens (including phenoxy) is 4. The Balaban J connectivity index is 1.33. The van der Waals surface area contributed by atoms with Gasteiger partial charge in [-0.05, 0) is 72.2 Å². The average Bonchev–Trinajstić information content (AvgIpc) is 3.46. The Bertz CT molecular complexity index is 1330. The molecular weight excluding hydrogens is 542 g/mol. The van der Waals surface area contributed by atoms with Gasteiger partial charge >= 0.3 is 0 Å². The first-order chi connectivity index (χ1) is 19.6. The van der Waals surface area contributed by atoms with Gasteiger partial charge in [0.1, 0.15) is 11.5 Å². The zero-order chi connectivity index (χ0) is 28.2. The molecule has 0 bridgehead atoms. The van der Waals surface area contributed by atoms with E-state index >= 15 is 0 Å². The Kier molecular flexibility index (Phi) is 11.9. The predicted molar refractivity (Wildman–Crippen MR) is 163 cm³/mol. The highest BCUT2D eigenvalue weighted by molar-refractivity contribution is 7.09. The van der Waals surface area contributed by atoms with Crippen molar-refractivity contribution < 1.29 is 18.9 Å². The van der Waals surface area contributed by atoms with Crippen molar-refractivity contribution in [2.24, 2.45) is 5.92 Å². The summed E-state index contributed by atoms with van der Waals surface area (Å²) in [5.74, 6) is 2.50. The van der Waals surface area contributed by atoms with E-state index in [0.29, 0.717) is 38.3 Å². The van der Waals surface area contributed by atoms with Gasteiger partial charge in [0, 0.05) is 16.3 Å². The molecule has 1 aromatic heterocycles. The molecule has 4 rings (SSSR count). The molecule has 5 nitrogen and oxygen atoms in total. The fraction of sp³-hybridized carbons (Fsp3) is 0.364. The van der Waals surface area contributed by atoms with Gasteiger partial charge in [-0.25, -0.2) is 4.98 Å². The van der Waals surface area contributed by atoms with E-state index in [4.69, 9.17) is 35.5 Å². The van der Waals surface area contributed by atoms with Crippen LogP contribution in [0.5, 0.6) is 11.5 Å². The van der Waals surface area contributed by atoms with E-state index < -0.39 is 0 Å². The van der Waals surface area contributed by atoms with Crippen LogP contribution in [0.1, 0.15) is 46.7 Å². The molecule has 0 aliphatic carbocycles. The Hall–Kier alpha value is -2.90. The van der Waals surface area contributed by atoms with E-state index in [2.05, 4.69) is 48.7 Å². The lowest BCUT2D eigenvalue weighted by Gasteiger charge is -2.23. The molecular formula is C33H38ClNO4S. The Labute approximate surface area is 247 Å². The smallest absolute Gasteiger partial charge is 0.119 e. The van der Waals surface area contributed by atoms with Crippen molar-refractivity contribution in [1.82, 2.24) is 4.98 Å². The molecule has 0 radical (unpaired) electrons. The maximum absolute atomic E-state index is 6.19. The van der Waals surface area contributed by atoms with Crippen LogP contribution in [-0.2, 0) is 35.5 Å². The minimum absolute atomic E-state index is 0.300. The molecule has 0 spiro atoms. The first-order valence-electron chi connectivity index (χ1n) is 13.6. The highest BCUT2D eigenvalue weighted by Crippen LogP contribution is 2.34. The van der Waals surface area contributed by atoms with Crippen LogP contribution < -0.4 is 9.47 Å². The lowest BCUT2D eigenvalue weighted by Crippen LogP contribution is -2.15. The highest BCUT2D eigenvalue weighted by Gasteiger charge is 2.23. The number of hydrogen-bond donors (Lipinski definition) is 0. The van der Waals surface area contributed by atoms with Crippen LogP contribution in [0.25, 0.3) is 0 Å². The van der Waals surface area contributed by atoms with Crippen molar-refractivity contribution >= 4 is 22.9 Å². The minimum Gasteiger partial charge on any atom is -0.497 e. The van der Waals surface area contributed by atoms with E-state index in [1.807, 2.05) is 36.4 Å². The van der Waals surface area contributed by atoms with Crippen LogP contribution in [0.2, 0.25) is 5.02 Å². The van der Waals surface area contributed by atoms with Crippen LogP contribution in [0, 0.1) is 5.92 Å². The van der Waals surface area contributed by atoms with Crippen LogP contribution >= 0.6 is 22.9 Å². The van der Waals surface area contributed by atoms with Crippen LogP contribution in [0.3, 0.4) is 0 Å². The molecule has 1 heterocycles. The van der Waals surface area contributed by atoms with Crippen LogP contribution in [-0.4, -0.2) is 32.4 Å². The van der Waals surface area contributed by atoms with Crippen molar-refractivity contribution in [3.63, 3.8) is 0 Å². The molecule has 40 heavy (non-hydrogen) atoms. The molecule has 0 N–H and O–H groups in total. The maximum Gasteiger partial charge on any atom is 0.119 e. The minimum atomic E-state index is 0.300. The lowest BCUT2D eigenvalue weighted by molar-refractivity contribution is 0.0330. The number of halogens is 1. The van der Waals surface area contributed by atoms with Crippen molar-refractivity contribution in [2.45, 2.75) is 45.3 Å². The molecule has 0 saturated carbocycles. The van der Waals surface area contributed by atoms with E-state index in [1.165, 1.54) is 11.1 Å². The summed E-state index contributed by atoms with van der Waals surface area (Å²) < 4.78 is 22.5. The molecule has 3 aromatic carbocycles. The zero-order valence-corrected chi connectivity index (χ0v) is 25.0. The van der Waals surface area contributed by atoms with Gasteiger partial charge < -0.3 is 18.9 Å². The van der Waals surface area contributed by atoms with E-state index in [-0.39, 0.29) is 0 Å². The summed E-state index contributed by atoms with van der Waals surface area (Å²) >= 11 is 7.90. The molecule has 0 amide bonds. The molecule has 0 aliphatic heterocycles. The molecule has 0 fully saturated rings. The molecule has 2 unspecified atom stereocenters. The van der Waals surface area contributed by atoms with Crippen LogP contribution in [0.4, 0.5) is 0 Å². The van der Waals surface area contributed by atoms with E-state index in [0.717, 1.165) is 52.0 Å². The second-order valence-corrected chi connectivity index (χ2v) is 11.2. The van der Waals surface area contributed by atoms with Gasteiger partial charge in [-0.2, -0.15) is 0 Å². The number of aromatic nitrogens is 1. The van der Waals surface area contributed by atoms with Crippen molar-refractivity contribution in [1.29, 1.82) is 0 Å². The number of thiazole rings is 1. The monoisotopic (exact) mass is 579 g/mol. The standard InChI is InChI=1S/C33H38ClNO4S/c1-24(33-35-29(23-40-33)22-39-17-16-38-21-28-10-4-5-13-32(28)34)27(18-26-9-7-12-31(20-26)37-3)15-14-25-8-6-11-30(19-25)36-2/h4-13,19-20,23-24,27H,14-18,21-22H2,1-3H3. The Morgan fingerprint density at radius 3 is 2.23 bits per heavy atom. The number of rotatable bonds is 16. The quantitative estimate of drug-likeness (QED) is 0.125. The number of aryl methyl sites for hydroxylation is 1. The summed E-state index contributed by atoms with van der Waals surface area (Å²) in [5, 5.41) is 3.98. The normalized spacial score (nSPS) is 12.7. The average molecular weight is 580 g/mol. The molecule has 0 aliphatic rings. The van der Waals surface area contributed by atoms with Crippen molar-refractivity contribution in [3.8, 4) is 11.5 Å². The van der Waals surface area contributed by atoms with Gasteiger partial charge in [0.05, 0.1) is 51.3 Å². The summed E-state index contributed by atoms with van der Waals surface area (Å²) in [6, 6.07) is 24.5. The number of hydrogen-bond acceptors (Lipinski definition) is 6. The fourth-order valence-electron chi connectivity index (χ4n) is 4.70. The number of methoxy groups -OCH3 is 2. The lowest BCUT2D eigenvalue weighted by atomic mass is 9.83. The topological polar surface area (TPSA) is 49.8 Å². The second kappa shape index (κ2) is 15.8. The third-order valence-corrected chi connectivity index (χ3v) is 8.54. The first kappa shape index (κ1) is 30.1. The van der Waals surface area contributed by atoms with Gasteiger partial charge in [0.2, 0.25) is 0 Å². The van der Waals surface area contributed by atoms with Gasteiger partial charge in [0.25, 0.3) is 0 Å². The number of benzene rings is 3. The number of nitrogens with zero attached hydrogens (tertiary/aromatic N) is 1. The summed E-state index contributed by atoms with van der Waals surface area (Å²) in [5.41, 5.74) is 4.51. The third kappa shape index (κ3) is 9.07. The fourth-order valence-corrected chi connectivity index (χ4v) is 5.85. The molecule has 7 heteroatoms. The van der Waals surface area contributed by atoms with Gasteiger partial charge in [-0.15, -0.1) is 11.3 Å². The Morgan fingerprint density at radius 2 is 1.50 bits per heavy atom. The molecule has 4 aromatic rings. The van der Waals surface area contributed by atoms with Crippen molar-refractivity contribution in [3.05, 3.63) is 111 Å². The molecule has 2 atom stereocenters. The van der Waals surface area contributed by atoms with Gasteiger partial charge in [-0.1, -0.05) is 61.0 Å². The van der Waals surface area contributed by atoms with Crippen molar-refractivity contribution in [2.75, 3.05) is 27.4 Å². The maximum atomic E-state index is 6.19. The predicted octanol–water partition coefficient (Wildman–Crippen LogP) is 8.14. The largest absolute Gasteiger partial charge is 0.497 e. The summed E-state index contributed by atoms with van der Waals surface area (Å²) in [4.78, 5) is 4.96. The summed E-state index contributed by atoms with van der Waals surface area (Å²) in [6.45, 7) is 4.26. The van der Waals surface area contributed by atoms with Gasteiger partial charge in [-0.3, -0.25) is 0 Å². The Morgan fingerprint density at radius 1 is 0.825 bits per heavy atom. The third-order valence-electron chi connectivity index (χ3n) is 7.07. The molecule has 212 valence electrons. The second-order valence-electron chi connectivity index (χ2n) is 9.87. The summed E-state index contributed by atoms with van der Waals surface area (Å²) in [6.07, 6.45) is 2.97. The molecule has 0 saturated heterocycles. The highest BCUT2D eigenvalue weighted by atomic mass is 35.5. The van der Waals surface area contributed by atoms with Crippen LogP contribution in [0.15, 0.2) is 78.2 Å². The summed E-state index contributed by atoms with van der Waals surface area (Å²) in [7, 11) is 3.43. The van der Waals surface area contributed by atoms with E-state index in [1.54, 1.807) is 25.6 Å². The van der Waals surface area contributed by atoms with Gasteiger partial charge in [0.15, 0.2) is 0 Å². The first-order valence-corrected chi connectivity index (χ1v) is 14.9.